The number of hydrogen-bond donors (Lipinski definition) is 3. The maximum absolute atomic E-state index is 13.1. The fraction of sp³-hybridized carbons (Fsp3) is 0.364. The minimum Gasteiger partial charge on any atom is -0.476 e. The Hall–Kier alpha value is -2.97. The third-order valence-electron chi connectivity index (χ3n) is 5.26. The Morgan fingerprint density at radius 3 is 2.58 bits per heavy atom. The van der Waals surface area contributed by atoms with Gasteiger partial charge in [0.05, 0.1) is 29.2 Å². The van der Waals surface area contributed by atoms with Gasteiger partial charge < -0.3 is 15.5 Å². The first-order valence-corrected chi connectivity index (χ1v) is 10.1. The number of aryl methyl sites for hydroxylation is 1. The first kappa shape index (κ1) is 22.7. The number of aliphatic hydroxyl groups is 1. The molecule has 0 amide bonds. The predicted octanol–water partition coefficient (Wildman–Crippen LogP) is 3.43. The van der Waals surface area contributed by atoms with Gasteiger partial charge in [0.1, 0.15) is 11.0 Å². The zero-order valence-corrected chi connectivity index (χ0v) is 18.8. The molecule has 164 valence electrons. The van der Waals surface area contributed by atoms with Crippen LogP contribution in [0.1, 0.15) is 54.3 Å². The molecule has 3 aromatic rings. The monoisotopic (exact) mass is 444 g/mol. The Labute approximate surface area is 184 Å². The number of benzene rings is 1. The molecule has 0 saturated heterocycles. The van der Waals surface area contributed by atoms with Gasteiger partial charge in [-0.25, -0.2) is 14.8 Å². The van der Waals surface area contributed by atoms with Crippen LogP contribution < -0.4 is 10.9 Å². The molecule has 0 unspecified atom stereocenters. The van der Waals surface area contributed by atoms with Crippen LogP contribution in [0.25, 0.3) is 10.9 Å². The molecule has 0 radical (unpaired) electrons. The minimum absolute atomic E-state index is 0.0812. The number of aliphatic hydroxyl groups excluding tert-OH is 1. The summed E-state index contributed by atoms with van der Waals surface area (Å²) in [5, 5.41) is 23.0. The van der Waals surface area contributed by atoms with Gasteiger partial charge in [-0.3, -0.25) is 9.36 Å². The van der Waals surface area contributed by atoms with Gasteiger partial charge in [-0.2, -0.15) is 0 Å². The van der Waals surface area contributed by atoms with E-state index in [4.69, 9.17) is 16.6 Å². The van der Waals surface area contributed by atoms with Crippen molar-refractivity contribution in [3.8, 4) is 0 Å². The molecule has 0 fully saturated rings. The molecule has 9 heteroatoms. The van der Waals surface area contributed by atoms with Crippen molar-refractivity contribution in [1.82, 2.24) is 14.5 Å². The van der Waals surface area contributed by atoms with Crippen LogP contribution in [0.2, 0.25) is 5.15 Å². The van der Waals surface area contributed by atoms with Gasteiger partial charge >= 0.3 is 5.97 Å². The number of carboxylic acids is 1. The SMILES string of the molecule is Cc1cc([C@@H](C)Nc2ccc(Cl)nc2C(=O)O)c2nc(C(C)(C)CO)n(C)c(=O)c2c1. The Morgan fingerprint density at radius 1 is 1.29 bits per heavy atom. The summed E-state index contributed by atoms with van der Waals surface area (Å²) in [5.74, 6) is -0.741. The fourth-order valence-corrected chi connectivity index (χ4v) is 3.73. The topological polar surface area (TPSA) is 117 Å². The van der Waals surface area contributed by atoms with Crippen LogP contribution in [0.3, 0.4) is 0 Å². The molecule has 2 aromatic heterocycles. The average molecular weight is 445 g/mol. The Bertz CT molecular complexity index is 1240. The van der Waals surface area contributed by atoms with E-state index in [9.17, 15) is 19.8 Å². The molecule has 0 aliphatic rings. The van der Waals surface area contributed by atoms with E-state index in [0.717, 1.165) is 11.1 Å². The molecular weight excluding hydrogens is 420 g/mol. The van der Waals surface area contributed by atoms with Crippen molar-refractivity contribution in [3.05, 3.63) is 62.4 Å². The summed E-state index contributed by atoms with van der Waals surface area (Å²) in [7, 11) is 1.64. The Kier molecular flexibility index (Phi) is 6.07. The molecule has 0 saturated carbocycles. The number of fused-ring (bicyclic) bond motifs is 1. The molecule has 0 spiro atoms. The zero-order chi connectivity index (χ0) is 23.1. The first-order chi connectivity index (χ1) is 14.5. The third kappa shape index (κ3) is 4.26. The van der Waals surface area contributed by atoms with E-state index in [0.29, 0.717) is 22.4 Å². The van der Waals surface area contributed by atoms with Crippen molar-refractivity contribution in [1.29, 1.82) is 0 Å². The van der Waals surface area contributed by atoms with E-state index in [2.05, 4.69) is 10.3 Å². The van der Waals surface area contributed by atoms with Gasteiger partial charge in [-0.15, -0.1) is 0 Å². The Balaban J connectivity index is 2.20. The average Bonchev–Trinajstić information content (AvgIpc) is 2.71. The van der Waals surface area contributed by atoms with Crippen molar-refractivity contribution in [2.45, 2.75) is 39.2 Å². The molecule has 0 aliphatic heterocycles. The summed E-state index contributed by atoms with van der Waals surface area (Å²) in [6.07, 6.45) is 0. The first-order valence-electron chi connectivity index (χ1n) is 9.75. The van der Waals surface area contributed by atoms with Gasteiger partial charge in [0.15, 0.2) is 5.69 Å². The molecule has 1 atom stereocenters. The quantitative estimate of drug-likeness (QED) is 0.498. The van der Waals surface area contributed by atoms with Crippen LogP contribution in [-0.4, -0.2) is 37.3 Å². The number of aromatic nitrogens is 3. The normalized spacial score (nSPS) is 12.7. The smallest absolute Gasteiger partial charge is 0.356 e. The van der Waals surface area contributed by atoms with Gasteiger partial charge in [0.2, 0.25) is 0 Å². The van der Waals surface area contributed by atoms with Crippen LogP contribution in [0, 0.1) is 6.92 Å². The highest BCUT2D eigenvalue weighted by Crippen LogP contribution is 2.29. The lowest BCUT2D eigenvalue weighted by molar-refractivity contribution is 0.0691. The van der Waals surface area contributed by atoms with E-state index in [1.165, 1.54) is 10.6 Å². The molecule has 2 heterocycles. The summed E-state index contributed by atoms with van der Waals surface area (Å²) < 4.78 is 1.46. The van der Waals surface area contributed by atoms with E-state index < -0.39 is 17.4 Å². The van der Waals surface area contributed by atoms with E-state index >= 15 is 0 Å². The number of carbonyl (C=O) groups is 1. The van der Waals surface area contributed by atoms with Crippen molar-refractivity contribution >= 4 is 34.2 Å². The predicted molar refractivity (Wildman–Crippen MR) is 120 cm³/mol. The van der Waals surface area contributed by atoms with Crippen LogP contribution in [0.15, 0.2) is 29.1 Å². The fourth-order valence-electron chi connectivity index (χ4n) is 3.58. The van der Waals surface area contributed by atoms with Crippen molar-refractivity contribution in [2.24, 2.45) is 7.05 Å². The van der Waals surface area contributed by atoms with E-state index in [1.54, 1.807) is 19.2 Å². The zero-order valence-electron chi connectivity index (χ0n) is 18.0. The second kappa shape index (κ2) is 8.28. The summed E-state index contributed by atoms with van der Waals surface area (Å²) in [6, 6.07) is 6.36. The molecule has 8 nitrogen and oxygen atoms in total. The molecule has 3 rings (SSSR count). The number of pyridine rings is 1. The highest BCUT2D eigenvalue weighted by molar-refractivity contribution is 6.29. The van der Waals surface area contributed by atoms with Gasteiger partial charge in [-0.05, 0) is 37.6 Å². The maximum atomic E-state index is 13.1. The standard InChI is InChI=1S/C22H25ClN4O4/c1-11-8-13(12(2)24-15-6-7-16(23)25-18(15)20(30)31)17-14(9-11)19(29)27(5)21(26-17)22(3,4)10-28/h6-9,12,24,28H,10H2,1-5H3,(H,30,31)/t12-/m1/s1. The van der Waals surface area contributed by atoms with E-state index in [-0.39, 0.29) is 23.0 Å². The second-order valence-corrected chi connectivity index (χ2v) is 8.68. The molecule has 3 N–H and O–H groups in total. The van der Waals surface area contributed by atoms with Crippen molar-refractivity contribution in [2.75, 3.05) is 11.9 Å². The van der Waals surface area contributed by atoms with Gasteiger partial charge in [0, 0.05) is 18.0 Å². The lowest BCUT2D eigenvalue weighted by Crippen LogP contribution is -2.34. The highest BCUT2D eigenvalue weighted by Gasteiger charge is 2.27. The summed E-state index contributed by atoms with van der Waals surface area (Å²) in [5.41, 5.74) is 1.28. The third-order valence-corrected chi connectivity index (χ3v) is 5.47. The number of carboxylic acid groups (broad SMARTS) is 1. The van der Waals surface area contributed by atoms with Crippen molar-refractivity contribution < 1.29 is 15.0 Å². The summed E-state index contributed by atoms with van der Waals surface area (Å²) >= 11 is 5.85. The van der Waals surface area contributed by atoms with Crippen LogP contribution >= 0.6 is 11.6 Å². The summed E-state index contributed by atoms with van der Waals surface area (Å²) in [4.78, 5) is 33.3. The number of nitrogens with zero attached hydrogens (tertiary/aromatic N) is 3. The molecule has 31 heavy (non-hydrogen) atoms. The number of hydrogen-bond acceptors (Lipinski definition) is 6. The molecule has 0 bridgehead atoms. The lowest BCUT2D eigenvalue weighted by atomic mass is 9.92. The van der Waals surface area contributed by atoms with Crippen LogP contribution in [0.4, 0.5) is 5.69 Å². The maximum Gasteiger partial charge on any atom is 0.356 e. The number of aromatic carboxylic acids is 1. The lowest BCUT2D eigenvalue weighted by Gasteiger charge is -2.25. The van der Waals surface area contributed by atoms with Crippen molar-refractivity contribution in [3.63, 3.8) is 0 Å². The minimum atomic E-state index is -1.20. The van der Waals surface area contributed by atoms with Gasteiger partial charge in [-0.1, -0.05) is 31.5 Å². The number of halogens is 1. The van der Waals surface area contributed by atoms with Crippen LogP contribution in [-0.2, 0) is 12.5 Å². The number of nitrogens with one attached hydrogen (secondary N) is 1. The molecular formula is C22H25ClN4O4. The second-order valence-electron chi connectivity index (χ2n) is 8.29. The van der Waals surface area contributed by atoms with E-state index in [1.807, 2.05) is 33.8 Å². The van der Waals surface area contributed by atoms with Gasteiger partial charge in [0.25, 0.3) is 5.56 Å². The number of anilines is 1. The summed E-state index contributed by atoms with van der Waals surface area (Å²) in [6.45, 7) is 7.19. The molecule has 0 aliphatic carbocycles. The highest BCUT2D eigenvalue weighted by atomic mass is 35.5. The molecule has 1 aromatic carbocycles. The number of rotatable bonds is 6. The largest absolute Gasteiger partial charge is 0.476 e. The van der Waals surface area contributed by atoms with Crippen LogP contribution in [0.5, 0.6) is 0 Å². The Morgan fingerprint density at radius 2 is 1.97 bits per heavy atom.